The highest BCUT2D eigenvalue weighted by atomic mass is 16.6. The van der Waals surface area contributed by atoms with Crippen LogP contribution in [0.5, 0.6) is 0 Å². The number of nitrogens with zero attached hydrogens (tertiary/aromatic N) is 2. The van der Waals surface area contributed by atoms with E-state index in [2.05, 4.69) is 9.80 Å². The Labute approximate surface area is 123 Å². The maximum atomic E-state index is 11.7. The molecule has 1 unspecified atom stereocenters. The summed E-state index contributed by atoms with van der Waals surface area (Å²) < 4.78 is 5.36. The molecule has 0 spiro atoms. The van der Waals surface area contributed by atoms with Crippen LogP contribution < -0.4 is 0 Å². The Kier molecular flexibility index (Phi) is 5.44. The molecule has 2 aliphatic rings. The minimum Gasteiger partial charge on any atom is -0.460 e. The third-order valence-corrected chi connectivity index (χ3v) is 4.21. The Morgan fingerprint density at radius 3 is 2.50 bits per heavy atom. The van der Waals surface area contributed by atoms with E-state index in [1.807, 2.05) is 20.8 Å². The van der Waals surface area contributed by atoms with E-state index in [1.165, 1.54) is 38.8 Å². The molecule has 0 amide bonds. The van der Waals surface area contributed by atoms with Gasteiger partial charge in [0.1, 0.15) is 5.60 Å². The van der Waals surface area contributed by atoms with Crippen molar-refractivity contribution in [2.75, 3.05) is 32.7 Å². The minimum absolute atomic E-state index is 0.0704. The van der Waals surface area contributed by atoms with E-state index in [4.69, 9.17) is 4.74 Å². The van der Waals surface area contributed by atoms with Gasteiger partial charge < -0.3 is 9.64 Å². The van der Waals surface area contributed by atoms with Crippen molar-refractivity contribution in [2.45, 2.75) is 64.5 Å². The van der Waals surface area contributed by atoms with Gasteiger partial charge in [-0.15, -0.1) is 0 Å². The van der Waals surface area contributed by atoms with Crippen LogP contribution in [0.15, 0.2) is 0 Å². The Balaban J connectivity index is 1.67. The molecule has 0 aromatic heterocycles. The number of carbonyl (C=O) groups excluding carboxylic acids is 1. The van der Waals surface area contributed by atoms with Crippen molar-refractivity contribution in [1.82, 2.24) is 9.80 Å². The molecular weight excluding hydrogens is 252 g/mol. The highest BCUT2D eigenvalue weighted by molar-refractivity contribution is 5.70. The van der Waals surface area contributed by atoms with E-state index >= 15 is 0 Å². The predicted molar refractivity (Wildman–Crippen MR) is 80.7 cm³/mol. The first-order valence-electron chi connectivity index (χ1n) is 8.12. The number of ether oxygens (including phenoxy) is 1. The van der Waals surface area contributed by atoms with Crippen LogP contribution in [0.1, 0.15) is 52.9 Å². The minimum atomic E-state index is -0.363. The smallest absolute Gasteiger partial charge is 0.307 e. The fourth-order valence-electron chi connectivity index (χ4n) is 3.24. The van der Waals surface area contributed by atoms with Gasteiger partial charge in [0.2, 0.25) is 0 Å². The van der Waals surface area contributed by atoms with Crippen LogP contribution >= 0.6 is 0 Å². The van der Waals surface area contributed by atoms with Crippen LogP contribution in [0.2, 0.25) is 0 Å². The van der Waals surface area contributed by atoms with Crippen LogP contribution in [-0.2, 0) is 9.53 Å². The summed E-state index contributed by atoms with van der Waals surface area (Å²) in [6.07, 6.45) is 5.88. The summed E-state index contributed by atoms with van der Waals surface area (Å²) >= 11 is 0. The number of likely N-dealkylation sites (tertiary alicyclic amines) is 2. The largest absolute Gasteiger partial charge is 0.460 e. The van der Waals surface area contributed by atoms with Crippen molar-refractivity contribution in [1.29, 1.82) is 0 Å². The molecule has 0 aliphatic carbocycles. The van der Waals surface area contributed by atoms with Crippen molar-refractivity contribution in [2.24, 2.45) is 0 Å². The first-order chi connectivity index (χ1) is 9.44. The normalized spacial score (nSPS) is 25.9. The molecule has 2 aliphatic heterocycles. The van der Waals surface area contributed by atoms with Crippen molar-refractivity contribution in [3.05, 3.63) is 0 Å². The molecule has 4 heteroatoms. The number of piperidine rings is 1. The molecule has 0 saturated carbocycles. The second kappa shape index (κ2) is 6.90. The zero-order valence-electron chi connectivity index (χ0n) is 13.4. The zero-order chi connectivity index (χ0) is 14.6. The lowest BCUT2D eigenvalue weighted by Gasteiger charge is -2.32. The van der Waals surface area contributed by atoms with Crippen LogP contribution in [0, 0.1) is 0 Å². The Bertz CT molecular complexity index is 319. The molecule has 1 atom stereocenters. The summed E-state index contributed by atoms with van der Waals surface area (Å²) in [5, 5.41) is 0. The highest BCUT2D eigenvalue weighted by Crippen LogP contribution is 2.20. The van der Waals surface area contributed by atoms with Crippen molar-refractivity contribution >= 4 is 5.97 Å². The van der Waals surface area contributed by atoms with E-state index in [1.54, 1.807) is 0 Å². The van der Waals surface area contributed by atoms with Gasteiger partial charge in [0.05, 0.1) is 6.42 Å². The van der Waals surface area contributed by atoms with E-state index in [0.29, 0.717) is 12.5 Å². The maximum Gasteiger partial charge on any atom is 0.307 e. The summed E-state index contributed by atoms with van der Waals surface area (Å²) in [5.74, 6) is -0.0704. The van der Waals surface area contributed by atoms with Crippen LogP contribution in [0.4, 0.5) is 0 Å². The van der Waals surface area contributed by atoms with Crippen molar-refractivity contribution in [3.8, 4) is 0 Å². The molecule has 2 saturated heterocycles. The summed E-state index contributed by atoms with van der Waals surface area (Å²) in [4.78, 5) is 16.8. The molecule has 4 nitrogen and oxygen atoms in total. The van der Waals surface area contributed by atoms with Gasteiger partial charge in [-0.2, -0.15) is 0 Å². The number of hydrogen-bond donors (Lipinski definition) is 0. The van der Waals surface area contributed by atoms with Gasteiger partial charge in [0.25, 0.3) is 0 Å². The lowest BCUT2D eigenvalue weighted by molar-refractivity contribution is -0.155. The SMILES string of the molecule is CC(C)(C)OC(=O)CCN1CCC(N2CCCCC2)C1. The van der Waals surface area contributed by atoms with Gasteiger partial charge in [-0.1, -0.05) is 6.42 Å². The van der Waals surface area contributed by atoms with E-state index < -0.39 is 0 Å². The maximum absolute atomic E-state index is 11.7. The van der Waals surface area contributed by atoms with Crippen LogP contribution in [0.25, 0.3) is 0 Å². The fourth-order valence-corrected chi connectivity index (χ4v) is 3.24. The number of hydrogen-bond acceptors (Lipinski definition) is 4. The third kappa shape index (κ3) is 5.06. The average molecular weight is 282 g/mol. The predicted octanol–water partition coefficient (Wildman–Crippen LogP) is 2.28. The average Bonchev–Trinajstić information content (AvgIpc) is 2.84. The third-order valence-electron chi connectivity index (χ3n) is 4.21. The molecule has 2 fully saturated rings. The Morgan fingerprint density at radius 2 is 1.85 bits per heavy atom. The van der Waals surface area contributed by atoms with Gasteiger partial charge >= 0.3 is 5.97 Å². The summed E-state index contributed by atoms with van der Waals surface area (Å²) in [7, 11) is 0. The van der Waals surface area contributed by atoms with E-state index in [0.717, 1.165) is 19.6 Å². The molecule has 0 radical (unpaired) electrons. The molecule has 0 aromatic rings. The number of rotatable bonds is 4. The zero-order valence-corrected chi connectivity index (χ0v) is 13.4. The Hall–Kier alpha value is -0.610. The first-order valence-corrected chi connectivity index (χ1v) is 8.12. The summed E-state index contributed by atoms with van der Waals surface area (Å²) in [6, 6.07) is 0.717. The summed E-state index contributed by atoms with van der Waals surface area (Å²) in [6.45, 7) is 11.4. The standard InChI is InChI=1S/C16H30N2O2/c1-16(2,3)20-15(19)8-12-17-11-7-14(13-17)18-9-5-4-6-10-18/h14H,4-13H2,1-3H3. The highest BCUT2D eigenvalue weighted by Gasteiger charge is 2.28. The van der Waals surface area contributed by atoms with Gasteiger partial charge in [0, 0.05) is 19.1 Å². The Morgan fingerprint density at radius 1 is 1.15 bits per heavy atom. The second-order valence-electron chi connectivity index (χ2n) is 7.18. The lowest BCUT2D eigenvalue weighted by atomic mass is 10.1. The van der Waals surface area contributed by atoms with E-state index in [9.17, 15) is 4.79 Å². The van der Waals surface area contributed by atoms with E-state index in [-0.39, 0.29) is 11.6 Å². The topological polar surface area (TPSA) is 32.8 Å². The quantitative estimate of drug-likeness (QED) is 0.741. The number of esters is 1. The lowest BCUT2D eigenvalue weighted by Crippen LogP contribution is -2.41. The monoisotopic (exact) mass is 282 g/mol. The van der Waals surface area contributed by atoms with Gasteiger partial charge in [0.15, 0.2) is 0 Å². The van der Waals surface area contributed by atoms with Crippen LogP contribution in [0.3, 0.4) is 0 Å². The van der Waals surface area contributed by atoms with Crippen LogP contribution in [-0.4, -0.2) is 60.1 Å². The molecule has 2 rings (SSSR count). The molecule has 0 N–H and O–H groups in total. The molecule has 20 heavy (non-hydrogen) atoms. The molecular formula is C16H30N2O2. The number of carbonyl (C=O) groups is 1. The molecule has 116 valence electrons. The second-order valence-corrected chi connectivity index (χ2v) is 7.18. The molecule has 2 heterocycles. The fraction of sp³-hybridized carbons (Fsp3) is 0.938. The van der Waals surface area contributed by atoms with Crippen molar-refractivity contribution < 1.29 is 9.53 Å². The molecule has 0 bridgehead atoms. The molecule has 0 aromatic carbocycles. The van der Waals surface area contributed by atoms with Crippen molar-refractivity contribution in [3.63, 3.8) is 0 Å². The summed E-state index contributed by atoms with van der Waals surface area (Å²) in [5.41, 5.74) is -0.363. The first kappa shape index (κ1) is 15.8. The van der Waals surface area contributed by atoms with Gasteiger partial charge in [-0.25, -0.2) is 0 Å². The van der Waals surface area contributed by atoms with Gasteiger partial charge in [-0.3, -0.25) is 9.69 Å². The van der Waals surface area contributed by atoms with Gasteiger partial charge in [-0.05, 0) is 59.7 Å².